The molecular formula is C18H18F3NO2. The van der Waals surface area contributed by atoms with Gasteiger partial charge >= 0.3 is 12.1 Å². The maximum absolute atomic E-state index is 12.9. The van der Waals surface area contributed by atoms with Crippen molar-refractivity contribution in [2.75, 3.05) is 5.73 Å². The first-order valence-corrected chi connectivity index (χ1v) is 7.27. The average Bonchev–Trinajstić information content (AvgIpc) is 2.44. The number of ether oxygens (including phenoxy) is 1. The molecule has 6 heteroatoms. The van der Waals surface area contributed by atoms with Crippen LogP contribution in [0.25, 0.3) is 11.1 Å². The molecule has 24 heavy (non-hydrogen) atoms. The maximum Gasteiger partial charge on any atom is 0.416 e. The molecule has 0 saturated carbocycles. The minimum Gasteiger partial charge on any atom is -0.456 e. The van der Waals surface area contributed by atoms with Crippen molar-refractivity contribution >= 4 is 11.7 Å². The lowest BCUT2D eigenvalue weighted by Crippen LogP contribution is -2.23. The van der Waals surface area contributed by atoms with Crippen molar-refractivity contribution in [2.45, 2.75) is 32.5 Å². The number of alkyl halides is 3. The van der Waals surface area contributed by atoms with E-state index in [1.54, 1.807) is 32.9 Å². The van der Waals surface area contributed by atoms with Gasteiger partial charge in [-0.2, -0.15) is 13.2 Å². The minimum absolute atomic E-state index is 0.0241. The minimum atomic E-state index is -4.47. The first kappa shape index (κ1) is 17.8. The SMILES string of the molecule is CC(C)(C)OC(=O)c1ccc(-c2cc(N)cc(C(F)(F)F)c2)cc1. The highest BCUT2D eigenvalue weighted by molar-refractivity contribution is 5.90. The third kappa shape index (κ3) is 4.50. The number of hydrogen-bond donors (Lipinski definition) is 1. The summed E-state index contributed by atoms with van der Waals surface area (Å²) in [5.74, 6) is -0.488. The predicted octanol–water partition coefficient (Wildman–Crippen LogP) is 4.91. The molecule has 0 aliphatic carbocycles. The molecule has 0 radical (unpaired) electrons. The number of halogens is 3. The van der Waals surface area contributed by atoms with Crippen LogP contribution in [0.5, 0.6) is 0 Å². The highest BCUT2D eigenvalue weighted by Crippen LogP contribution is 2.34. The van der Waals surface area contributed by atoms with Crippen LogP contribution in [0.3, 0.4) is 0 Å². The molecule has 0 aromatic heterocycles. The Hall–Kier alpha value is -2.50. The Morgan fingerprint density at radius 1 is 0.958 bits per heavy atom. The van der Waals surface area contributed by atoms with Crippen LogP contribution >= 0.6 is 0 Å². The van der Waals surface area contributed by atoms with E-state index in [9.17, 15) is 18.0 Å². The summed E-state index contributed by atoms with van der Waals surface area (Å²) in [6.07, 6.45) is -4.47. The molecule has 3 nitrogen and oxygen atoms in total. The fourth-order valence-corrected chi connectivity index (χ4v) is 2.12. The molecule has 0 atom stereocenters. The number of benzene rings is 2. The third-order valence-corrected chi connectivity index (χ3v) is 3.14. The van der Waals surface area contributed by atoms with Gasteiger partial charge in [0, 0.05) is 5.69 Å². The van der Waals surface area contributed by atoms with Gasteiger partial charge in [-0.3, -0.25) is 0 Å². The molecule has 0 saturated heterocycles. The van der Waals surface area contributed by atoms with Crippen LogP contribution < -0.4 is 5.73 Å². The lowest BCUT2D eigenvalue weighted by atomic mass is 10.0. The summed E-state index contributed by atoms with van der Waals surface area (Å²) in [5.41, 5.74) is 5.35. The summed E-state index contributed by atoms with van der Waals surface area (Å²) in [5, 5.41) is 0. The van der Waals surface area contributed by atoms with Gasteiger partial charge in [0.2, 0.25) is 0 Å². The van der Waals surface area contributed by atoms with E-state index in [0.717, 1.165) is 12.1 Å². The Kier molecular flexibility index (Phi) is 4.60. The van der Waals surface area contributed by atoms with Crippen molar-refractivity contribution in [3.63, 3.8) is 0 Å². The number of nitrogen functional groups attached to an aromatic ring is 1. The number of rotatable bonds is 2. The van der Waals surface area contributed by atoms with Gasteiger partial charge in [-0.05, 0) is 62.2 Å². The first-order valence-electron chi connectivity index (χ1n) is 7.27. The zero-order valence-corrected chi connectivity index (χ0v) is 13.6. The Balaban J connectivity index is 2.32. The van der Waals surface area contributed by atoms with Gasteiger partial charge in [-0.1, -0.05) is 12.1 Å². The molecule has 2 N–H and O–H groups in total. The summed E-state index contributed by atoms with van der Waals surface area (Å²) in [6.45, 7) is 5.26. The second-order valence-corrected chi connectivity index (χ2v) is 6.42. The van der Waals surface area contributed by atoms with Gasteiger partial charge in [0.05, 0.1) is 11.1 Å². The van der Waals surface area contributed by atoms with Crippen molar-refractivity contribution in [3.05, 3.63) is 53.6 Å². The smallest absolute Gasteiger partial charge is 0.416 e. The Bertz CT molecular complexity index is 744. The number of esters is 1. The van der Waals surface area contributed by atoms with Gasteiger partial charge in [0.25, 0.3) is 0 Å². The topological polar surface area (TPSA) is 52.3 Å². The van der Waals surface area contributed by atoms with Gasteiger partial charge < -0.3 is 10.5 Å². The molecule has 0 bridgehead atoms. The lowest BCUT2D eigenvalue weighted by molar-refractivity contribution is -0.137. The number of carbonyl (C=O) groups is 1. The zero-order valence-electron chi connectivity index (χ0n) is 13.6. The molecular weight excluding hydrogens is 319 g/mol. The normalized spacial score (nSPS) is 12.1. The molecule has 128 valence electrons. The molecule has 0 unspecified atom stereocenters. The van der Waals surface area contributed by atoms with E-state index in [1.807, 2.05) is 0 Å². The van der Waals surface area contributed by atoms with E-state index in [0.29, 0.717) is 16.7 Å². The van der Waals surface area contributed by atoms with E-state index in [-0.39, 0.29) is 5.69 Å². The standard InChI is InChI=1S/C18H18F3NO2/c1-17(2,3)24-16(23)12-6-4-11(5-7-12)13-8-14(18(19,20)21)10-15(22)9-13/h4-10H,22H2,1-3H3. The summed E-state index contributed by atoms with van der Waals surface area (Å²) in [6, 6.07) is 9.53. The van der Waals surface area contributed by atoms with Gasteiger partial charge in [-0.25, -0.2) is 4.79 Å². The van der Waals surface area contributed by atoms with E-state index >= 15 is 0 Å². The van der Waals surface area contributed by atoms with Crippen LogP contribution in [0.15, 0.2) is 42.5 Å². The molecule has 0 spiro atoms. The van der Waals surface area contributed by atoms with Gasteiger partial charge in [0.15, 0.2) is 0 Å². The van der Waals surface area contributed by atoms with E-state index in [2.05, 4.69) is 0 Å². The Morgan fingerprint density at radius 3 is 2.04 bits per heavy atom. The fraction of sp³-hybridized carbons (Fsp3) is 0.278. The zero-order chi connectivity index (χ0) is 18.1. The van der Waals surface area contributed by atoms with E-state index in [4.69, 9.17) is 10.5 Å². The number of nitrogens with two attached hydrogens (primary N) is 1. The highest BCUT2D eigenvalue weighted by Gasteiger charge is 2.31. The first-order chi connectivity index (χ1) is 11.0. The molecule has 0 fully saturated rings. The maximum atomic E-state index is 12.9. The van der Waals surface area contributed by atoms with Gasteiger partial charge in [-0.15, -0.1) is 0 Å². The van der Waals surface area contributed by atoms with E-state index < -0.39 is 23.3 Å². The summed E-state index contributed by atoms with van der Waals surface area (Å²) in [4.78, 5) is 12.0. The van der Waals surface area contributed by atoms with Crippen molar-refractivity contribution in [3.8, 4) is 11.1 Å². The lowest BCUT2D eigenvalue weighted by Gasteiger charge is -2.19. The van der Waals surface area contributed by atoms with Crippen molar-refractivity contribution < 1.29 is 22.7 Å². The van der Waals surface area contributed by atoms with Crippen LogP contribution in [-0.2, 0) is 10.9 Å². The number of carbonyl (C=O) groups excluding carboxylic acids is 1. The molecule has 2 aromatic carbocycles. The number of anilines is 1. The van der Waals surface area contributed by atoms with Crippen LogP contribution in [0.2, 0.25) is 0 Å². The van der Waals surface area contributed by atoms with Crippen LogP contribution in [-0.4, -0.2) is 11.6 Å². The summed E-state index contributed by atoms with van der Waals surface area (Å²) < 4.78 is 43.9. The monoisotopic (exact) mass is 337 g/mol. The van der Waals surface area contributed by atoms with Crippen molar-refractivity contribution in [1.82, 2.24) is 0 Å². The second kappa shape index (κ2) is 6.19. The molecule has 0 heterocycles. The second-order valence-electron chi connectivity index (χ2n) is 6.42. The molecule has 0 amide bonds. The van der Waals surface area contributed by atoms with Crippen LogP contribution in [0.4, 0.5) is 18.9 Å². The van der Waals surface area contributed by atoms with Crippen molar-refractivity contribution in [2.24, 2.45) is 0 Å². The van der Waals surface area contributed by atoms with Crippen molar-refractivity contribution in [1.29, 1.82) is 0 Å². The quantitative estimate of drug-likeness (QED) is 0.626. The molecule has 2 aromatic rings. The summed E-state index contributed by atoms with van der Waals surface area (Å²) >= 11 is 0. The molecule has 0 aliphatic rings. The average molecular weight is 337 g/mol. The Labute approximate surface area is 138 Å². The molecule has 0 aliphatic heterocycles. The largest absolute Gasteiger partial charge is 0.456 e. The van der Waals surface area contributed by atoms with Crippen LogP contribution in [0.1, 0.15) is 36.7 Å². The van der Waals surface area contributed by atoms with Crippen LogP contribution in [0, 0.1) is 0 Å². The number of hydrogen-bond acceptors (Lipinski definition) is 3. The van der Waals surface area contributed by atoms with Gasteiger partial charge in [0.1, 0.15) is 5.60 Å². The highest BCUT2D eigenvalue weighted by atomic mass is 19.4. The third-order valence-electron chi connectivity index (χ3n) is 3.14. The fourth-order valence-electron chi connectivity index (χ4n) is 2.12. The van der Waals surface area contributed by atoms with E-state index in [1.165, 1.54) is 18.2 Å². The molecule has 2 rings (SSSR count). The summed E-state index contributed by atoms with van der Waals surface area (Å²) in [7, 11) is 0. The predicted molar refractivity (Wildman–Crippen MR) is 86.5 cm³/mol. The Morgan fingerprint density at radius 2 is 1.54 bits per heavy atom.